The Labute approximate surface area is 256 Å². The van der Waals surface area contributed by atoms with Crippen molar-refractivity contribution in [3.05, 3.63) is 118 Å². The highest BCUT2D eigenvalue weighted by atomic mass is 16.5. The summed E-state index contributed by atoms with van der Waals surface area (Å²) < 4.78 is 16.0. The molecular formula is C34H24N2O9. The number of anilines is 2. The molecule has 45 heavy (non-hydrogen) atoms. The van der Waals surface area contributed by atoms with Crippen LogP contribution in [0, 0.1) is 0 Å². The predicted octanol–water partition coefficient (Wildman–Crippen LogP) is 5.43. The van der Waals surface area contributed by atoms with E-state index in [1.165, 1.54) is 60.7 Å². The van der Waals surface area contributed by atoms with Crippen LogP contribution < -0.4 is 14.5 Å². The van der Waals surface area contributed by atoms with Crippen molar-refractivity contribution in [2.75, 3.05) is 23.0 Å². The number of hydrogen-bond donors (Lipinski definition) is 0. The van der Waals surface area contributed by atoms with Gasteiger partial charge in [0.05, 0.1) is 58.0 Å². The Morgan fingerprint density at radius 2 is 0.933 bits per heavy atom. The van der Waals surface area contributed by atoms with E-state index in [0.29, 0.717) is 0 Å². The molecular weight excluding hydrogens is 580 g/mol. The zero-order chi connectivity index (χ0) is 31.8. The average molecular weight is 605 g/mol. The van der Waals surface area contributed by atoms with Crippen molar-refractivity contribution in [1.29, 1.82) is 0 Å². The number of carbonyl (C=O) groups is 6. The summed E-state index contributed by atoms with van der Waals surface area (Å²) in [5.41, 5.74) is 1.34. The molecule has 4 aromatic carbocycles. The fourth-order valence-corrected chi connectivity index (χ4v) is 5.14. The standard InChI is InChI=1S/C34H24N2O9/c1-3-43-33(41)19-7-5-9-21(15-19)35-29(37)25-13-11-23(17-27(25)31(35)39)45-24-12-14-26-28(18-24)32(40)36(30(26)38)22-10-6-8-20(16-22)34(42)44-4-2/h5-18H,3-4H2,1-2H3. The van der Waals surface area contributed by atoms with Crippen LogP contribution in [0.2, 0.25) is 0 Å². The number of hydrogen-bond acceptors (Lipinski definition) is 9. The molecule has 0 spiro atoms. The lowest BCUT2D eigenvalue weighted by Crippen LogP contribution is -2.29. The average Bonchev–Trinajstić information content (AvgIpc) is 3.44. The van der Waals surface area contributed by atoms with Crippen molar-refractivity contribution < 1.29 is 43.0 Å². The molecule has 11 nitrogen and oxygen atoms in total. The number of nitrogens with zero attached hydrogens (tertiary/aromatic N) is 2. The fraction of sp³-hybridized carbons (Fsp3) is 0.118. The lowest BCUT2D eigenvalue weighted by Gasteiger charge is -2.14. The minimum absolute atomic E-state index is 0.0964. The number of esters is 2. The van der Waals surface area contributed by atoms with Gasteiger partial charge in [-0.2, -0.15) is 0 Å². The first-order valence-electron chi connectivity index (χ1n) is 14.0. The van der Waals surface area contributed by atoms with E-state index in [9.17, 15) is 28.8 Å². The summed E-state index contributed by atoms with van der Waals surface area (Å²) in [7, 11) is 0. The van der Waals surface area contributed by atoms with Crippen LogP contribution in [-0.4, -0.2) is 48.8 Å². The van der Waals surface area contributed by atoms with Crippen LogP contribution >= 0.6 is 0 Å². The van der Waals surface area contributed by atoms with Gasteiger partial charge in [-0.15, -0.1) is 0 Å². The first-order valence-corrected chi connectivity index (χ1v) is 14.0. The third kappa shape index (κ3) is 5.10. The largest absolute Gasteiger partial charge is 0.462 e. The molecule has 2 aliphatic rings. The SMILES string of the molecule is CCOC(=O)c1cccc(N2C(=O)c3ccc(Oc4ccc5c(c4)C(=O)N(c4cccc(C(=O)OCC)c4)C5=O)cc3C2=O)c1. The molecule has 0 saturated heterocycles. The second kappa shape index (κ2) is 11.5. The van der Waals surface area contributed by atoms with Gasteiger partial charge < -0.3 is 14.2 Å². The molecule has 0 atom stereocenters. The molecule has 4 aromatic rings. The van der Waals surface area contributed by atoms with Crippen LogP contribution in [0.4, 0.5) is 11.4 Å². The minimum atomic E-state index is -0.600. The lowest BCUT2D eigenvalue weighted by atomic mass is 10.1. The number of benzene rings is 4. The van der Waals surface area contributed by atoms with Crippen LogP contribution in [0.1, 0.15) is 76.0 Å². The van der Waals surface area contributed by atoms with Gasteiger partial charge in [0.2, 0.25) is 0 Å². The van der Waals surface area contributed by atoms with Crippen molar-refractivity contribution in [3.8, 4) is 11.5 Å². The summed E-state index contributed by atoms with van der Waals surface area (Å²) in [4.78, 5) is 79.3. The number of carbonyl (C=O) groups excluding carboxylic acids is 6. The van der Waals surface area contributed by atoms with Crippen LogP contribution in [0.25, 0.3) is 0 Å². The zero-order valence-electron chi connectivity index (χ0n) is 24.1. The van der Waals surface area contributed by atoms with Crippen LogP contribution in [-0.2, 0) is 9.47 Å². The maximum absolute atomic E-state index is 13.3. The Hall–Kier alpha value is -6.10. The molecule has 6 rings (SSSR count). The van der Waals surface area contributed by atoms with Gasteiger partial charge in [0.25, 0.3) is 23.6 Å². The quantitative estimate of drug-likeness (QED) is 0.190. The molecule has 0 radical (unpaired) electrons. The second-order valence-corrected chi connectivity index (χ2v) is 9.95. The van der Waals surface area contributed by atoms with Gasteiger partial charge >= 0.3 is 11.9 Å². The van der Waals surface area contributed by atoms with Gasteiger partial charge in [-0.1, -0.05) is 12.1 Å². The molecule has 0 saturated carbocycles. The van der Waals surface area contributed by atoms with E-state index < -0.39 is 35.6 Å². The van der Waals surface area contributed by atoms with E-state index in [4.69, 9.17) is 14.2 Å². The van der Waals surface area contributed by atoms with Crippen LogP contribution in [0.3, 0.4) is 0 Å². The number of fused-ring (bicyclic) bond motifs is 2. The summed E-state index contributed by atoms with van der Waals surface area (Å²) in [5.74, 6) is -3.04. The van der Waals surface area contributed by atoms with Gasteiger partial charge in [-0.3, -0.25) is 19.2 Å². The number of ether oxygens (including phenoxy) is 3. The Bertz CT molecular complexity index is 1810. The van der Waals surface area contributed by atoms with Gasteiger partial charge in [0.15, 0.2) is 0 Å². The van der Waals surface area contributed by atoms with Crippen molar-refractivity contribution in [1.82, 2.24) is 0 Å². The topological polar surface area (TPSA) is 137 Å². The molecule has 0 N–H and O–H groups in total. The molecule has 0 unspecified atom stereocenters. The highest BCUT2D eigenvalue weighted by molar-refractivity contribution is 6.35. The van der Waals surface area contributed by atoms with Crippen LogP contribution in [0.5, 0.6) is 11.5 Å². The van der Waals surface area contributed by atoms with E-state index in [1.807, 2.05) is 0 Å². The normalized spacial score (nSPS) is 13.6. The summed E-state index contributed by atoms with van der Waals surface area (Å²) >= 11 is 0. The summed E-state index contributed by atoms with van der Waals surface area (Å²) in [6.07, 6.45) is 0. The van der Waals surface area contributed by atoms with E-state index >= 15 is 0 Å². The molecule has 0 bridgehead atoms. The molecule has 224 valence electrons. The van der Waals surface area contributed by atoms with E-state index in [0.717, 1.165) is 9.80 Å². The van der Waals surface area contributed by atoms with E-state index in [-0.39, 0.29) is 69.5 Å². The van der Waals surface area contributed by atoms with Crippen molar-refractivity contribution in [3.63, 3.8) is 0 Å². The van der Waals surface area contributed by atoms with Crippen molar-refractivity contribution in [2.45, 2.75) is 13.8 Å². The van der Waals surface area contributed by atoms with Crippen molar-refractivity contribution >= 4 is 46.9 Å². The summed E-state index contributed by atoms with van der Waals surface area (Å²) in [6.45, 7) is 3.71. The monoisotopic (exact) mass is 604 g/mol. The summed E-state index contributed by atoms with van der Waals surface area (Å²) in [5, 5.41) is 0. The Morgan fingerprint density at radius 1 is 0.533 bits per heavy atom. The molecule has 4 amide bonds. The highest BCUT2D eigenvalue weighted by Crippen LogP contribution is 2.35. The molecule has 0 fully saturated rings. The first kappa shape index (κ1) is 29.0. The summed E-state index contributed by atoms with van der Waals surface area (Å²) in [6, 6.07) is 20.8. The minimum Gasteiger partial charge on any atom is -0.462 e. The smallest absolute Gasteiger partial charge is 0.338 e. The highest BCUT2D eigenvalue weighted by Gasteiger charge is 2.39. The number of rotatable bonds is 8. The van der Waals surface area contributed by atoms with Gasteiger partial charge in [0, 0.05) is 0 Å². The van der Waals surface area contributed by atoms with Crippen molar-refractivity contribution in [2.24, 2.45) is 0 Å². The molecule has 0 aromatic heterocycles. The van der Waals surface area contributed by atoms with Gasteiger partial charge in [-0.05, 0) is 86.6 Å². The maximum Gasteiger partial charge on any atom is 0.338 e. The van der Waals surface area contributed by atoms with Gasteiger partial charge in [-0.25, -0.2) is 19.4 Å². The third-order valence-electron chi connectivity index (χ3n) is 7.18. The van der Waals surface area contributed by atoms with Gasteiger partial charge in [0.1, 0.15) is 11.5 Å². The van der Waals surface area contributed by atoms with E-state index in [2.05, 4.69) is 0 Å². The lowest BCUT2D eigenvalue weighted by molar-refractivity contribution is 0.0517. The number of imide groups is 2. The third-order valence-corrected chi connectivity index (χ3v) is 7.18. The molecule has 11 heteroatoms. The Kier molecular flexibility index (Phi) is 7.43. The molecule has 0 aliphatic carbocycles. The second-order valence-electron chi connectivity index (χ2n) is 9.95. The van der Waals surface area contributed by atoms with Crippen LogP contribution in [0.15, 0.2) is 84.9 Å². The predicted molar refractivity (Wildman–Crippen MR) is 160 cm³/mol. The van der Waals surface area contributed by atoms with E-state index in [1.54, 1.807) is 38.1 Å². The zero-order valence-corrected chi connectivity index (χ0v) is 24.1. The Morgan fingerprint density at radius 3 is 1.33 bits per heavy atom. The molecule has 2 aliphatic heterocycles. The molecule has 2 heterocycles. The number of amides is 4. The maximum atomic E-state index is 13.3. The first-order chi connectivity index (χ1) is 21.7. The Balaban J connectivity index is 1.23. The fourth-order valence-electron chi connectivity index (χ4n) is 5.14.